The Morgan fingerprint density at radius 2 is 1.22 bits per heavy atom. The Kier molecular flexibility index (Phi) is 2.48. The third-order valence-corrected chi connectivity index (χ3v) is 3.19. The summed E-state index contributed by atoms with van der Waals surface area (Å²) >= 11 is 0. The van der Waals surface area contributed by atoms with Crippen LogP contribution in [0, 0.1) is 13.8 Å². The van der Waals surface area contributed by atoms with Crippen molar-refractivity contribution in [2.24, 2.45) is 0 Å². The molecule has 0 saturated carbocycles. The van der Waals surface area contributed by atoms with Gasteiger partial charge in [-0.1, -0.05) is 12.1 Å². The van der Waals surface area contributed by atoms with E-state index in [0.717, 1.165) is 11.1 Å². The Balaban J connectivity index is 2.15. The molecule has 4 heteroatoms. The first-order valence-corrected chi connectivity index (χ1v) is 5.85. The molecule has 18 heavy (non-hydrogen) atoms. The minimum atomic E-state index is 1.12. The summed E-state index contributed by atoms with van der Waals surface area (Å²) in [5.74, 6) is 0. The summed E-state index contributed by atoms with van der Waals surface area (Å²) in [5, 5.41) is 13.7. The van der Waals surface area contributed by atoms with E-state index < -0.39 is 0 Å². The highest BCUT2D eigenvalue weighted by Gasteiger charge is 2.09. The van der Waals surface area contributed by atoms with Gasteiger partial charge in [0.05, 0.1) is 12.4 Å². The second-order valence-corrected chi connectivity index (χ2v) is 4.46. The first kappa shape index (κ1) is 10.8. The Morgan fingerprint density at radius 1 is 0.778 bits per heavy atom. The molecule has 0 unspecified atom stereocenters. The first-order valence-electron chi connectivity index (χ1n) is 5.85. The molecule has 90 valence electrons. The molecule has 0 aliphatic rings. The second-order valence-electron chi connectivity index (χ2n) is 4.46. The molecule has 0 fully saturated rings. The summed E-state index contributed by atoms with van der Waals surface area (Å²) in [4.78, 5) is 0. The van der Waals surface area contributed by atoms with E-state index in [1.54, 1.807) is 0 Å². The van der Waals surface area contributed by atoms with Crippen molar-refractivity contribution in [1.29, 1.82) is 0 Å². The van der Waals surface area contributed by atoms with Crippen LogP contribution in [0.3, 0.4) is 0 Å². The predicted octanol–water partition coefficient (Wildman–Crippen LogP) is 3.08. The maximum atomic E-state index is 4.00. The minimum absolute atomic E-state index is 1.12. The lowest BCUT2D eigenvalue weighted by molar-refractivity contribution is 1.09. The van der Waals surface area contributed by atoms with Gasteiger partial charge < -0.3 is 0 Å². The van der Waals surface area contributed by atoms with Gasteiger partial charge in [-0.2, -0.15) is 10.2 Å². The smallest absolute Gasteiger partial charge is 0.0565 e. The second kappa shape index (κ2) is 4.14. The van der Waals surface area contributed by atoms with Crippen molar-refractivity contribution in [2.75, 3.05) is 0 Å². The van der Waals surface area contributed by atoms with E-state index in [1.807, 2.05) is 24.8 Å². The molecule has 0 radical (unpaired) electrons. The molecule has 0 aliphatic heterocycles. The summed E-state index contributed by atoms with van der Waals surface area (Å²) < 4.78 is 0. The highest BCUT2D eigenvalue weighted by Crippen LogP contribution is 2.30. The Bertz CT molecular complexity index is 591. The fraction of sp³-hybridized carbons (Fsp3) is 0.143. The van der Waals surface area contributed by atoms with Gasteiger partial charge in [0, 0.05) is 23.5 Å². The molecule has 3 aromatic rings. The van der Waals surface area contributed by atoms with Crippen LogP contribution in [0.2, 0.25) is 0 Å². The van der Waals surface area contributed by atoms with Crippen molar-refractivity contribution >= 4 is 0 Å². The summed E-state index contributed by atoms with van der Waals surface area (Å²) in [5.41, 5.74) is 7.14. The molecule has 2 aromatic heterocycles. The van der Waals surface area contributed by atoms with Crippen LogP contribution in [-0.2, 0) is 0 Å². The number of rotatable bonds is 2. The fourth-order valence-electron chi connectivity index (χ4n) is 2.23. The number of benzene rings is 1. The van der Waals surface area contributed by atoms with Crippen molar-refractivity contribution in [3.63, 3.8) is 0 Å². The van der Waals surface area contributed by atoms with Gasteiger partial charge in [-0.15, -0.1) is 0 Å². The fourth-order valence-corrected chi connectivity index (χ4v) is 2.23. The number of aryl methyl sites for hydroxylation is 2. The summed E-state index contributed by atoms with van der Waals surface area (Å²) in [6.07, 6.45) is 7.52. The van der Waals surface area contributed by atoms with Crippen LogP contribution < -0.4 is 0 Å². The number of nitrogens with one attached hydrogen (secondary N) is 2. The Labute approximate surface area is 105 Å². The lowest BCUT2D eigenvalue weighted by atomic mass is 9.94. The summed E-state index contributed by atoms with van der Waals surface area (Å²) in [6.45, 7) is 4.23. The van der Waals surface area contributed by atoms with E-state index in [-0.39, 0.29) is 0 Å². The monoisotopic (exact) mass is 238 g/mol. The Morgan fingerprint density at radius 3 is 1.56 bits per heavy atom. The van der Waals surface area contributed by atoms with E-state index in [0.29, 0.717) is 0 Å². The molecular weight excluding hydrogens is 224 g/mol. The minimum Gasteiger partial charge on any atom is -0.285 e. The third-order valence-electron chi connectivity index (χ3n) is 3.19. The molecule has 0 saturated heterocycles. The first-order chi connectivity index (χ1) is 8.75. The van der Waals surface area contributed by atoms with Crippen LogP contribution in [-0.4, -0.2) is 20.4 Å². The molecular formula is C14H14N4. The zero-order chi connectivity index (χ0) is 12.5. The number of aromatic nitrogens is 4. The molecule has 2 N–H and O–H groups in total. The zero-order valence-electron chi connectivity index (χ0n) is 10.4. The molecule has 3 rings (SSSR count). The average Bonchev–Trinajstić information content (AvgIpc) is 3.02. The van der Waals surface area contributed by atoms with Gasteiger partial charge in [0.15, 0.2) is 0 Å². The molecule has 0 bridgehead atoms. The largest absolute Gasteiger partial charge is 0.285 e. The van der Waals surface area contributed by atoms with Crippen LogP contribution in [0.5, 0.6) is 0 Å². The molecule has 0 spiro atoms. The highest BCUT2D eigenvalue weighted by atomic mass is 15.1. The van der Waals surface area contributed by atoms with Gasteiger partial charge in [-0.25, -0.2) is 0 Å². The summed E-state index contributed by atoms with van der Waals surface area (Å²) in [6, 6.07) is 4.39. The Hall–Kier alpha value is -2.36. The van der Waals surface area contributed by atoms with E-state index >= 15 is 0 Å². The van der Waals surface area contributed by atoms with E-state index in [9.17, 15) is 0 Å². The van der Waals surface area contributed by atoms with Crippen molar-refractivity contribution in [3.8, 4) is 22.3 Å². The van der Waals surface area contributed by atoms with Gasteiger partial charge in [0.1, 0.15) is 0 Å². The van der Waals surface area contributed by atoms with Gasteiger partial charge in [0.2, 0.25) is 0 Å². The third kappa shape index (κ3) is 1.72. The molecule has 1 aromatic carbocycles. The highest BCUT2D eigenvalue weighted by molar-refractivity contribution is 5.75. The van der Waals surface area contributed by atoms with Gasteiger partial charge in [-0.3, -0.25) is 10.2 Å². The molecule has 2 heterocycles. The molecule has 4 nitrogen and oxygen atoms in total. The molecule has 0 amide bonds. The normalized spacial score (nSPS) is 10.8. The van der Waals surface area contributed by atoms with Crippen LogP contribution >= 0.6 is 0 Å². The maximum Gasteiger partial charge on any atom is 0.0565 e. The van der Waals surface area contributed by atoms with Gasteiger partial charge >= 0.3 is 0 Å². The lowest BCUT2D eigenvalue weighted by Crippen LogP contribution is -1.88. The standard InChI is InChI=1S/C14H14N4/c1-9-3-14(12-7-17-18-8-12)10(2)4-13(9)11-5-15-16-6-11/h3-8H,1-2H3,(H,15,16)(H,17,18). The van der Waals surface area contributed by atoms with Crippen molar-refractivity contribution in [3.05, 3.63) is 48.0 Å². The number of H-pyrrole nitrogens is 2. The topological polar surface area (TPSA) is 57.4 Å². The quantitative estimate of drug-likeness (QED) is 0.720. The van der Waals surface area contributed by atoms with Crippen molar-refractivity contribution < 1.29 is 0 Å². The maximum absolute atomic E-state index is 4.00. The SMILES string of the molecule is Cc1cc(-c2cn[nH]c2)c(C)cc1-c1cn[nH]c1. The number of nitrogens with zero attached hydrogens (tertiary/aromatic N) is 2. The zero-order valence-corrected chi connectivity index (χ0v) is 10.4. The predicted molar refractivity (Wildman–Crippen MR) is 71.1 cm³/mol. The van der Waals surface area contributed by atoms with E-state index in [1.165, 1.54) is 22.3 Å². The molecule has 0 atom stereocenters. The number of aromatic amines is 2. The van der Waals surface area contributed by atoms with Gasteiger partial charge in [0.25, 0.3) is 0 Å². The van der Waals surface area contributed by atoms with E-state index in [4.69, 9.17) is 0 Å². The van der Waals surface area contributed by atoms with E-state index in [2.05, 4.69) is 46.4 Å². The van der Waals surface area contributed by atoms with Crippen LogP contribution in [0.1, 0.15) is 11.1 Å². The summed E-state index contributed by atoms with van der Waals surface area (Å²) in [7, 11) is 0. The van der Waals surface area contributed by atoms with Gasteiger partial charge in [-0.05, 0) is 36.1 Å². The van der Waals surface area contributed by atoms with Crippen LogP contribution in [0.4, 0.5) is 0 Å². The molecule has 0 aliphatic carbocycles. The number of hydrogen-bond donors (Lipinski definition) is 2. The van der Waals surface area contributed by atoms with Crippen LogP contribution in [0.15, 0.2) is 36.9 Å². The van der Waals surface area contributed by atoms with Crippen LogP contribution in [0.25, 0.3) is 22.3 Å². The number of hydrogen-bond acceptors (Lipinski definition) is 2. The average molecular weight is 238 g/mol. The van der Waals surface area contributed by atoms with Crippen molar-refractivity contribution in [1.82, 2.24) is 20.4 Å². The lowest BCUT2D eigenvalue weighted by Gasteiger charge is -2.10. The van der Waals surface area contributed by atoms with Crippen molar-refractivity contribution in [2.45, 2.75) is 13.8 Å².